The number of amides is 1. The minimum absolute atomic E-state index is 0.00602. The van der Waals surface area contributed by atoms with Crippen molar-refractivity contribution in [3.8, 4) is 5.75 Å². The molecule has 2 heterocycles. The van der Waals surface area contributed by atoms with Gasteiger partial charge in [-0.15, -0.1) is 0 Å². The van der Waals surface area contributed by atoms with Crippen LogP contribution in [0.5, 0.6) is 5.75 Å². The van der Waals surface area contributed by atoms with Crippen molar-refractivity contribution in [2.45, 2.75) is 90.6 Å². The van der Waals surface area contributed by atoms with Crippen LogP contribution in [-0.2, 0) is 31.8 Å². The topological polar surface area (TPSA) is 127 Å². The lowest BCUT2D eigenvalue weighted by Gasteiger charge is -2.64. The quantitative estimate of drug-likeness (QED) is 0.377. The predicted octanol–water partition coefficient (Wildman–Crippen LogP) is 3.42. The second-order valence-electron chi connectivity index (χ2n) is 13.2. The monoisotopic (exact) mass is 552 g/mol. The standard InChI is InChI=1S/C29H41BN4O6/c1-27(2,3)38-26(36)20-10-8-9-17(25(20)37-7)11-23(33-24(35)16-34-15-19(31)14-32-34)30-39-22-13-18-12-21(28(18,4)5)29(22,6)40-30/h8-10,14-15,18,21-23H,11-13,16,31H2,1-7H3,(H,33,35)/t18-,21-,22+,23-,29-/m0/s1. The van der Waals surface area contributed by atoms with Crippen LogP contribution in [0.1, 0.15) is 70.3 Å². The summed E-state index contributed by atoms with van der Waals surface area (Å²) in [5.41, 5.74) is 6.41. The number of carbonyl (C=O) groups is 2. The second kappa shape index (κ2) is 10.1. The molecular weight excluding hydrogens is 511 g/mol. The predicted molar refractivity (Wildman–Crippen MR) is 151 cm³/mol. The van der Waals surface area contributed by atoms with Crippen molar-refractivity contribution < 1.29 is 28.4 Å². The largest absolute Gasteiger partial charge is 0.496 e. The van der Waals surface area contributed by atoms with Crippen LogP contribution in [0.3, 0.4) is 0 Å². The van der Waals surface area contributed by atoms with Crippen LogP contribution in [-0.4, -0.2) is 59.1 Å². The average Bonchev–Trinajstić information content (AvgIpc) is 3.43. The number of rotatable bonds is 8. The van der Waals surface area contributed by atoms with E-state index in [1.54, 1.807) is 18.3 Å². The molecule has 1 aromatic carbocycles. The molecule has 0 spiro atoms. The van der Waals surface area contributed by atoms with E-state index in [1.807, 2.05) is 26.8 Å². The second-order valence-corrected chi connectivity index (χ2v) is 13.2. The minimum Gasteiger partial charge on any atom is -0.496 e. The van der Waals surface area contributed by atoms with Gasteiger partial charge < -0.3 is 29.8 Å². The van der Waals surface area contributed by atoms with Crippen molar-refractivity contribution in [2.75, 3.05) is 12.8 Å². The van der Waals surface area contributed by atoms with E-state index in [1.165, 1.54) is 18.0 Å². The third kappa shape index (κ3) is 5.21. The number of anilines is 1. The fraction of sp³-hybridized carbons (Fsp3) is 0.621. The first kappa shape index (κ1) is 28.5. The van der Waals surface area contributed by atoms with E-state index in [-0.39, 0.29) is 24.0 Å². The van der Waals surface area contributed by atoms with Crippen molar-refractivity contribution >= 4 is 24.7 Å². The number of hydrogen-bond donors (Lipinski definition) is 2. The lowest BCUT2D eigenvalue weighted by Crippen LogP contribution is -2.65. The zero-order valence-corrected chi connectivity index (χ0v) is 24.5. The summed E-state index contributed by atoms with van der Waals surface area (Å²) in [6.45, 7) is 12.2. The Bertz CT molecular complexity index is 1290. The molecule has 4 fully saturated rings. The Labute approximate surface area is 236 Å². The SMILES string of the molecule is COc1c(C[C@H](NC(=O)Cn2cc(N)cn2)B2O[C@@H]3C[C@@H]4C[C@@H](C4(C)C)[C@]3(C)O2)cccc1C(=O)OC(C)(C)C. The summed E-state index contributed by atoms with van der Waals surface area (Å²) in [6, 6.07) is 5.35. The molecule has 3 saturated carbocycles. The van der Waals surface area contributed by atoms with Crippen molar-refractivity contribution in [1.82, 2.24) is 15.1 Å². The highest BCUT2D eigenvalue weighted by Crippen LogP contribution is 2.65. The van der Waals surface area contributed by atoms with Crippen LogP contribution >= 0.6 is 0 Å². The molecule has 2 bridgehead atoms. The Morgan fingerprint density at radius 3 is 2.65 bits per heavy atom. The van der Waals surface area contributed by atoms with Gasteiger partial charge >= 0.3 is 13.1 Å². The van der Waals surface area contributed by atoms with Gasteiger partial charge in [-0.05, 0) is 75.8 Å². The van der Waals surface area contributed by atoms with Gasteiger partial charge in [-0.1, -0.05) is 26.0 Å². The van der Waals surface area contributed by atoms with E-state index in [0.717, 1.165) is 18.4 Å². The average molecular weight is 552 g/mol. The third-order valence-electron chi connectivity index (χ3n) is 8.96. The van der Waals surface area contributed by atoms with E-state index in [4.69, 9.17) is 24.5 Å². The zero-order chi connectivity index (χ0) is 29.0. The van der Waals surface area contributed by atoms with Gasteiger partial charge in [0.15, 0.2) is 0 Å². The molecule has 1 amide bonds. The summed E-state index contributed by atoms with van der Waals surface area (Å²) in [7, 11) is 0.849. The van der Waals surface area contributed by atoms with E-state index < -0.39 is 30.2 Å². The molecule has 4 aliphatic rings. The number of ether oxygens (including phenoxy) is 2. The molecule has 216 valence electrons. The maximum atomic E-state index is 13.2. The number of nitrogens with one attached hydrogen (secondary N) is 1. The summed E-state index contributed by atoms with van der Waals surface area (Å²) >= 11 is 0. The number of nitrogen functional groups attached to an aromatic ring is 1. The normalized spacial score (nSPS) is 27.4. The van der Waals surface area contributed by atoms with Crippen LogP contribution in [0.2, 0.25) is 0 Å². The number of carbonyl (C=O) groups excluding carboxylic acids is 2. The number of para-hydroxylation sites is 1. The van der Waals surface area contributed by atoms with Gasteiger partial charge in [-0.2, -0.15) is 5.10 Å². The number of nitrogens with zero attached hydrogens (tertiary/aromatic N) is 2. The molecular formula is C29H41BN4O6. The summed E-state index contributed by atoms with van der Waals surface area (Å²) in [5.74, 6) is 0.0972. The smallest absolute Gasteiger partial charge is 0.482 e. The van der Waals surface area contributed by atoms with Crippen molar-refractivity contribution in [2.24, 2.45) is 17.3 Å². The first-order valence-electron chi connectivity index (χ1n) is 14.0. The highest BCUT2D eigenvalue weighted by molar-refractivity contribution is 6.48. The van der Waals surface area contributed by atoms with Gasteiger partial charge in [0.25, 0.3) is 0 Å². The first-order chi connectivity index (χ1) is 18.7. The number of hydrogen-bond acceptors (Lipinski definition) is 8. The molecule has 5 atom stereocenters. The summed E-state index contributed by atoms with van der Waals surface area (Å²) in [4.78, 5) is 26.2. The number of nitrogens with two attached hydrogens (primary N) is 1. The van der Waals surface area contributed by atoms with Crippen molar-refractivity contribution in [3.63, 3.8) is 0 Å². The number of aromatic nitrogens is 2. The first-order valence-corrected chi connectivity index (χ1v) is 14.0. The zero-order valence-electron chi connectivity index (χ0n) is 24.5. The minimum atomic E-state index is -0.674. The van der Waals surface area contributed by atoms with Gasteiger partial charge in [0, 0.05) is 6.20 Å². The number of methoxy groups -OCH3 is 1. The molecule has 10 nitrogen and oxygen atoms in total. The van der Waals surface area contributed by atoms with Gasteiger partial charge in [0.05, 0.1) is 36.6 Å². The molecule has 1 aliphatic heterocycles. The Balaban J connectivity index is 1.42. The molecule has 3 aliphatic carbocycles. The van der Waals surface area contributed by atoms with Crippen LogP contribution in [0.4, 0.5) is 5.69 Å². The van der Waals surface area contributed by atoms with Gasteiger partial charge in [-0.25, -0.2) is 4.79 Å². The summed E-state index contributed by atoms with van der Waals surface area (Å²) < 4.78 is 26.1. The van der Waals surface area contributed by atoms with Crippen molar-refractivity contribution in [1.29, 1.82) is 0 Å². The van der Waals surface area contributed by atoms with Crippen LogP contribution in [0, 0.1) is 17.3 Å². The molecule has 11 heteroatoms. The highest BCUT2D eigenvalue weighted by atomic mass is 16.7. The van der Waals surface area contributed by atoms with Gasteiger partial charge in [0.1, 0.15) is 23.5 Å². The summed E-state index contributed by atoms with van der Waals surface area (Å²) in [6.07, 6.45) is 5.43. The van der Waals surface area contributed by atoms with Gasteiger partial charge in [0.2, 0.25) is 5.91 Å². The Morgan fingerprint density at radius 2 is 2.02 bits per heavy atom. The lowest BCUT2D eigenvalue weighted by molar-refractivity contribution is -0.199. The van der Waals surface area contributed by atoms with E-state index in [0.29, 0.717) is 35.3 Å². The molecule has 3 N–H and O–H groups in total. The molecule has 6 rings (SSSR count). The van der Waals surface area contributed by atoms with Gasteiger partial charge in [-0.3, -0.25) is 9.48 Å². The third-order valence-corrected chi connectivity index (χ3v) is 8.96. The molecule has 0 radical (unpaired) electrons. The molecule has 2 aromatic rings. The Morgan fingerprint density at radius 1 is 1.27 bits per heavy atom. The molecule has 1 saturated heterocycles. The molecule has 40 heavy (non-hydrogen) atoms. The summed E-state index contributed by atoms with van der Waals surface area (Å²) in [5, 5.41) is 7.25. The maximum Gasteiger partial charge on any atom is 0.482 e. The fourth-order valence-electron chi connectivity index (χ4n) is 6.87. The van der Waals surface area contributed by atoms with E-state index >= 15 is 0 Å². The van der Waals surface area contributed by atoms with Crippen LogP contribution in [0.25, 0.3) is 0 Å². The van der Waals surface area contributed by atoms with Crippen LogP contribution in [0.15, 0.2) is 30.6 Å². The highest BCUT2D eigenvalue weighted by Gasteiger charge is 2.68. The van der Waals surface area contributed by atoms with Crippen molar-refractivity contribution in [3.05, 3.63) is 41.7 Å². The molecule has 0 unspecified atom stereocenters. The van der Waals surface area contributed by atoms with E-state index in [9.17, 15) is 9.59 Å². The van der Waals surface area contributed by atoms with Crippen LogP contribution < -0.4 is 15.8 Å². The number of benzene rings is 1. The maximum absolute atomic E-state index is 13.2. The Kier molecular flexibility index (Phi) is 7.19. The Hall–Kier alpha value is -3.05. The fourth-order valence-corrected chi connectivity index (χ4v) is 6.87. The number of esters is 1. The molecule has 1 aromatic heterocycles. The lowest BCUT2D eigenvalue weighted by atomic mass is 9.43. The van der Waals surface area contributed by atoms with E-state index in [2.05, 4.69) is 31.2 Å².